The first-order chi connectivity index (χ1) is 10.1. The Morgan fingerprint density at radius 1 is 1.05 bits per heavy atom. The zero-order valence-corrected chi connectivity index (χ0v) is 15.0. The summed E-state index contributed by atoms with van der Waals surface area (Å²) in [5.41, 5.74) is 1.13. The largest absolute Gasteiger partial charge is 0.310 e. The summed E-state index contributed by atoms with van der Waals surface area (Å²) in [6.45, 7) is 5.42. The van der Waals surface area contributed by atoms with Crippen LogP contribution in [0.15, 0.2) is 22.7 Å². The van der Waals surface area contributed by atoms with Gasteiger partial charge >= 0.3 is 0 Å². The fourth-order valence-electron chi connectivity index (χ4n) is 2.48. The summed E-state index contributed by atoms with van der Waals surface area (Å²) in [5, 5.41) is 3.51. The second kappa shape index (κ2) is 11.2. The van der Waals surface area contributed by atoms with Crippen LogP contribution in [-0.2, 0) is 0 Å². The Hall–Kier alpha value is -0.410. The Labute approximate surface area is 137 Å². The molecule has 120 valence electrons. The number of benzene rings is 1. The van der Waals surface area contributed by atoms with Gasteiger partial charge in [0.25, 0.3) is 0 Å². The van der Waals surface area contributed by atoms with Gasteiger partial charge in [0.1, 0.15) is 5.82 Å². The van der Waals surface area contributed by atoms with E-state index >= 15 is 0 Å². The van der Waals surface area contributed by atoms with Gasteiger partial charge in [-0.15, -0.1) is 0 Å². The first-order valence-electron chi connectivity index (χ1n) is 8.33. The van der Waals surface area contributed by atoms with Gasteiger partial charge in [0.15, 0.2) is 0 Å². The van der Waals surface area contributed by atoms with Crippen LogP contribution < -0.4 is 5.32 Å². The van der Waals surface area contributed by atoms with Crippen molar-refractivity contribution in [3.63, 3.8) is 0 Å². The monoisotopic (exact) mass is 357 g/mol. The highest BCUT2D eigenvalue weighted by molar-refractivity contribution is 9.10. The van der Waals surface area contributed by atoms with E-state index in [1.165, 1.54) is 57.4 Å². The van der Waals surface area contributed by atoms with Gasteiger partial charge < -0.3 is 5.32 Å². The van der Waals surface area contributed by atoms with E-state index in [9.17, 15) is 4.39 Å². The molecule has 0 aromatic heterocycles. The molecule has 0 heterocycles. The lowest BCUT2D eigenvalue weighted by Gasteiger charge is -2.14. The van der Waals surface area contributed by atoms with Gasteiger partial charge in [0.05, 0.1) is 4.47 Å². The van der Waals surface area contributed by atoms with Crippen LogP contribution in [0, 0.1) is 5.82 Å². The zero-order chi connectivity index (χ0) is 15.5. The molecule has 21 heavy (non-hydrogen) atoms. The summed E-state index contributed by atoms with van der Waals surface area (Å²) in [6, 6.07) is 5.51. The standard InChI is InChI=1S/C18H29BrFN/c1-3-4-5-6-7-8-9-10-13-21-15(2)16-11-12-18(20)17(19)14-16/h11-12,14-15,21H,3-10,13H2,1-2H3. The maximum Gasteiger partial charge on any atom is 0.137 e. The van der Waals surface area contributed by atoms with Crippen LogP contribution in [-0.4, -0.2) is 6.54 Å². The van der Waals surface area contributed by atoms with Gasteiger partial charge in [-0.25, -0.2) is 4.39 Å². The molecule has 0 fully saturated rings. The van der Waals surface area contributed by atoms with Crippen LogP contribution in [0.1, 0.15) is 76.8 Å². The molecule has 0 bridgehead atoms. The highest BCUT2D eigenvalue weighted by Gasteiger charge is 2.07. The molecule has 0 aliphatic heterocycles. The molecule has 1 atom stereocenters. The fourth-order valence-corrected chi connectivity index (χ4v) is 2.87. The molecule has 1 aromatic carbocycles. The Morgan fingerprint density at radius 2 is 1.67 bits per heavy atom. The third-order valence-electron chi connectivity index (χ3n) is 3.92. The lowest BCUT2D eigenvalue weighted by Crippen LogP contribution is -2.19. The highest BCUT2D eigenvalue weighted by atomic mass is 79.9. The van der Waals surface area contributed by atoms with Crippen molar-refractivity contribution in [2.24, 2.45) is 0 Å². The van der Waals surface area contributed by atoms with E-state index in [2.05, 4.69) is 35.1 Å². The molecule has 0 aliphatic rings. The molecule has 0 saturated carbocycles. The van der Waals surface area contributed by atoms with Gasteiger partial charge in [0.2, 0.25) is 0 Å². The van der Waals surface area contributed by atoms with Gasteiger partial charge in [-0.1, -0.05) is 57.9 Å². The zero-order valence-electron chi connectivity index (χ0n) is 13.4. The molecule has 1 N–H and O–H groups in total. The predicted molar refractivity (Wildman–Crippen MR) is 93.1 cm³/mol. The van der Waals surface area contributed by atoms with Crippen LogP contribution in [0.5, 0.6) is 0 Å². The summed E-state index contributed by atoms with van der Waals surface area (Å²) in [4.78, 5) is 0. The highest BCUT2D eigenvalue weighted by Crippen LogP contribution is 2.21. The van der Waals surface area contributed by atoms with Crippen molar-refractivity contribution in [1.29, 1.82) is 0 Å². The minimum absolute atomic E-state index is 0.200. The van der Waals surface area contributed by atoms with Crippen LogP contribution in [0.3, 0.4) is 0 Å². The topological polar surface area (TPSA) is 12.0 Å². The lowest BCUT2D eigenvalue weighted by molar-refractivity contribution is 0.520. The predicted octanol–water partition coefficient (Wildman–Crippen LogP) is 6.38. The van der Waals surface area contributed by atoms with Gasteiger partial charge in [0, 0.05) is 6.04 Å². The van der Waals surface area contributed by atoms with Gasteiger partial charge in [-0.3, -0.25) is 0 Å². The van der Waals surface area contributed by atoms with Crippen LogP contribution in [0.4, 0.5) is 4.39 Å². The SMILES string of the molecule is CCCCCCCCCCNC(C)c1ccc(F)c(Br)c1. The molecular formula is C18H29BrFN. The fraction of sp³-hybridized carbons (Fsp3) is 0.667. The van der Waals surface area contributed by atoms with E-state index in [1.807, 2.05) is 12.1 Å². The lowest BCUT2D eigenvalue weighted by atomic mass is 10.1. The summed E-state index contributed by atoms with van der Waals surface area (Å²) in [5.74, 6) is -0.200. The van der Waals surface area contributed by atoms with E-state index in [0.29, 0.717) is 4.47 Å². The molecule has 0 aliphatic carbocycles. The third-order valence-corrected chi connectivity index (χ3v) is 4.53. The summed E-state index contributed by atoms with van der Waals surface area (Å²) < 4.78 is 13.7. The minimum atomic E-state index is -0.200. The Kier molecular flexibility index (Phi) is 9.94. The third kappa shape index (κ3) is 7.96. The second-order valence-electron chi connectivity index (χ2n) is 5.82. The smallest absolute Gasteiger partial charge is 0.137 e. The number of hydrogen-bond donors (Lipinski definition) is 1. The van der Waals surface area contributed by atoms with Crippen LogP contribution in [0.25, 0.3) is 0 Å². The molecule has 1 aromatic rings. The number of halogens is 2. The summed E-state index contributed by atoms with van der Waals surface area (Å²) in [6.07, 6.45) is 10.7. The van der Waals surface area contributed by atoms with Crippen molar-refractivity contribution in [2.75, 3.05) is 6.54 Å². The quantitative estimate of drug-likeness (QED) is 0.453. The summed E-state index contributed by atoms with van der Waals surface area (Å²) >= 11 is 3.24. The van der Waals surface area contributed by atoms with Crippen LogP contribution in [0.2, 0.25) is 0 Å². The second-order valence-corrected chi connectivity index (χ2v) is 6.68. The van der Waals surface area contributed by atoms with Crippen molar-refractivity contribution in [1.82, 2.24) is 5.32 Å². The Morgan fingerprint density at radius 3 is 2.29 bits per heavy atom. The first kappa shape index (κ1) is 18.6. The number of nitrogens with one attached hydrogen (secondary N) is 1. The van der Waals surface area contributed by atoms with Crippen LogP contribution >= 0.6 is 15.9 Å². The van der Waals surface area contributed by atoms with Gasteiger partial charge in [-0.05, 0) is 53.5 Å². The Bertz CT molecular complexity index is 395. The van der Waals surface area contributed by atoms with Crippen molar-refractivity contribution in [3.8, 4) is 0 Å². The van der Waals surface area contributed by atoms with E-state index < -0.39 is 0 Å². The number of unbranched alkanes of at least 4 members (excludes halogenated alkanes) is 7. The van der Waals surface area contributed by atoms with Crippen molar-refractivity contribution >= 4 is 15.9 Å². The van der Waals surface area contributed by atoms with Gasteiger partial charge in [-0.2, -0.15) is 0 Å². The molecule has 0 saturated heterocycles. The first-order valence-corrected chi connectivity index (χ1v) is 9.12. The Balaban J connectivity index is 2.08. The number of hydrogen-bond acceptors (Lipinski definition) is 1. The number of rotatable bonds is 11. The summed E-state index contributed by atoms with van der Waals surface area (Å²) in [7, 11) is 0. The molecule has 3 heteroatoms. The van der Waals surface area contributed by atoms with E-state index in [1.54, 1.807) is 0 Å². The molecule has 1 nitrogen and oxygen atoms in total. The van der Waals surface area contributed by atoms with Crippen molar-refractivity contribution < 1.29 is 4.39 Å². The maximum atomic E-state index is 13.2. The van der Waals surface area contributed by atoms with Crippen molar-refractivity contribution in [2.45, 2.75) is 71.3 Å². The van der Waals surface area contributed by atoms with Crippen molar-refractivity contribution in [3.05, 3.63) is 34.1 Å². The average Bonchev–Trinajstić information content (AvgIpc) is 2.48. The average molecular weight is 358 g/mol. The van der Waals surface area contributed by atoms with E-state index in [-0.39, 0.29) is 11.9 Å². The van der Waals surface area contributed by atoms with E-state index in [0.717, 1.165) is 12.1 Å². The molecule has 0 radical (unpaired) electrons. The molecular weight excluding hydrogens is 329 g/mol. The minimum Gasteiger partial charge on any atom is -0.310 e. The molecule has 1 unspecified atom stereocenters. The molecule has 1 rings (SSSR count). The normalized spacial score (nSPS) is 12.6. The molecule has 0 amide bonds. The van der Waals surface area contributed by atoms with E-state index in [4.69, 9.17) is 0 Å². The maximum absolute atomic E-state index is 13.2. The molecule has 0 spiro atoms.